The van der Waals surface area contributed by atoms with Gasteiger partial charge in [-0.05, 0) is 83.5 Å². The van der Waals surface area contributed by atoms with Crippen LogP contribution in [-0.4, -0.2) is 37.2 Å². The lowest BCUT2D eigenvalue weighted by atomic mass is 10.1. The highest BCUT2D eigenvalue weighted by molar-refractivity contribution is 5.71. The van der Waals surface area contributed by atoms with E-state index in [1.54, 1.807) is 0 Å². The summed E-state index contributed by atoms with van der Waals surface area (Å²) in [5.74, 6) is -0.982. The molecule has 0 aliphatic rings. The summed E-state index contributed by atoms with van der Waals surface area (Å²) >= 11 is 0. The maximum absolute atomic E-state index is 12.8. The molecule has 0 aliphatic carbocycles. The van der Waals surface area contributed by atoms with Crippen LogP contribution in [0.2, 0.25) is 0 Å². The number of rotatable bonds is 45. The second-order valence-corrected chi connectivity index (χ2v) is 16.9. The molecular weight excluding hydrogens is 793 g/mol. The molecule has 1 unspecified atom stereocenters. The number of hydrogen-bond acceptors (Lipinski definition) is 6. The molecule has 6 heteroatoms. The topological polar surface area (TPSA) is 78.9 Å². The molecule has 0 N–H and O–H groups in total. The van der Waals surface area contributed by atoms with E-state index in [0.29, 0.717) is 19.3 Å². The van der Waals surface area contributed by atoms with Crippen LogP contribution in [-0.2, 0) is 28.6 Å². The molecule has 0 aromatic heterocycles. The first kappa shape index (κ1) is 60.1. The van der Waals surface area contributed by atoms with E-state index in [1.165, 1.54) is 77.0 Å². The van der Waals surface area contributed by atoms with Gasteiger partial charge in [-0.1, -0.05) is 226 Å². The van der Waals surface area contributed by atoms with Crippen molar-refractivity contribution in [1.29, 1.82) is 0 Å². The molecule has 0 heterocycles. The number of ether oxygens (including phenoxy) is 3. The number of hydrogen-bond donors (Lipinski definition) is 0. The lowest BCUT2D eigenvalue weighted by Gasteiger charge is -2.18. The maximum atomic E-state index is 12.8. The quantitative estimate of drug-likeness (QED) is 0.0199. The molecule has 0 bridgehead atoms. The van der Waals surface area contributed by atoms with Crippen LogP contribution in [0.5, 0.6) is 0 Å². The molecule has 0 aliphatic heterocycles. The van der Waals surface area contributed by atoms with Crippen molar-refractivity contribution < 1.29 is 28.6 Å². The van der Waals surface area contributed by atoms with Crippen molar-refractivity contribution in [2.75, 3.05) is 13.2 Å². The van der Waals surface area contributed by atoms with Crippen molar-refractivity contribution in [1.82, 2.24) is 0 Å². The van der Waals surface area contributed by atoms with Gasteiger partial charge in [-0.25, -0.2) is 0 Å². The highest BCUT2D eigenvalue weighted by Gasteiger charge is 2.19. The fraction of sp³-hybridized carbons (Fsp3) is 0.638. The van der Waals surface area contributed by atoms with Crippen molar-refractivity contribution in [3.63, 3.8) is 0 Å². The van der Waals surface area contributed by atoms with E-state index in [9.17, 15) is 14.4 Å². The largest absolute Gasteiger partial charge is 0.462 e. The highest BCUT2D eigenvalue weighted by atomic mass is 16.6. The summed E-state index contributed by atoms with van der Waals surface area (Å²) in [5, 5.41) is 0. The van der Waals surface area contributed by atoms with Crippen LogP contribution < -0.4 is 0 Å². The Labute approximate surface area is 393 Å². The molecule has 0 aromatic carbocycles. The minimum atomic E-state index is -0.812. The van der Waals surface area contributed by atoms with Gasteiger partial charge in [0.05, 0.1) is 0 Å². The molecule has 6 nitrogen and oxygen atoms in total. The number of carbonyl (C=O) groups excluding carboxylic acids is 3. The molecule has 362 valence electrons. The molecule has 0 spiro atoms. The van der Waals surface area contributed by atoms with E-state index < -0.39 is 6.10 Å². The minimum absolute atomic E-state index is 0.108. The summed E-state index contributed by atoms with van der Waals surface area (Å²) in [6.07, 6.45) is 69.3. The van der Waals surface area contributed by atoms with Crippen molar-refractivity contribution in [3.05, 3.63) is 109 Å². The molecule has 0 rings (SSSR count). The first-order valence-corrected chi connectivity index (χ1v) is 26.0. The normalized spacial score (nSPS) is 13.0. The maximum Gasteiger partial charge on any atom is 0.306 e. The Bertz CT molecular complexity index is 1340. The van der Waals surface area contributed by atoms with Gasteiger partial charge in [0.2, 0.25) is 0 Å². The second kappa shape index (κ2) is 51.7. The van der Waals surface area contributed by atoms with E-state index in [4.69, 9.17) is 14.2 Å². The SMILES string of the molecule is CC\C=C/C=C\C=C/C=C\C=C\C=C/CCCCCC(=O)OC(COC(=O)CCCCCCC/C=C\C=C/CCCCCCCCC)COC(=O)CCCCCCC/C=C\CCCC. The zero-order valence-corrected chi connectivity index (χ0v) is 41.3. The standard InChI is InChI=1S/C58H94O6/c1-4-7-10-13-16-19-22-24-26-28-30-31-33-36-39-42-45-48-51-57(60)63-54-55(53-62-56(59)50-47-44-41-38-35-21-18-15-12-9-6-3)64-58(61)52-49-46-43-40-37-34-32-29-27-25-23-20-17-14-11-8-5-2/h8,11,14-15,17-18,20,23,25-32,34,37,55H,4-7,9-10,12-13,16,19,21-22,24,33,35-36,38-54H2,1-3H3/b11-8-,17-14-,18-15-,23-20-,27-25-,28-26-,31-30-,32-29+,37-34-. The number of esters is 3. The molecular formula is C58H94O6. The van der Waals surface area contributed by atoms with Crippen LogP contribution in [0, 0.1) is 0 Å². The Morgan fingerprint density at radius 2 is 0.641 bits per heavy atom. The highest BCUT2D eigenvalue weighted by Crippen LogP contribution is 2.13. The number of allylic oxidation sites excluding steroid dienone is 18. The molecule has 0 fully saturated rings. The average Bonchev–Trinajstić information content (AvgIpc) is 3.29. The van der Waals surface area contributed by atoms with Crippen LogP contribution >= 0.6 is 0 Å². The average molecular weight is 887 g/mol. The second-order valence-electron chi connectivity index (χ2n) is 16.9. The van der Waals surface area contributed by atoms with Gasteiger partial charge in [0, 0.05) is 19.3 Å². The van der Waals surface area contributed by atoms with Gasteiger partial charge < -0.3 is 14.2 Å². The Morgan fingerprint density at radius 1 is 0.328 bits per heavy atom. The predicted octanol–water partition coefficient (Wildman–Crippen LogP) is 17.1. The molecule has 0 saturated heterocycles. The molecule has 1 atom stereocenters. The van der Waals surface area contributed by atoms with E-state index in [1.807, 2.05) is 60.8 Å². The van der Waals surface area contributed by atoms with Gasteiger partial charge in [-0.15, -0.1) is 0 Å². The Morgan fingerprint density at radius 3 is 1.08 bits per heavy atom. The van der Waals surface area contributed by atoms with Crippen molar-refractivity contribution in [2.45, 2.75) is 226 Å². The summed E-state index contributed by atoms with van der Waals surface area (Å²) in [5.41, 5.74) is 0. The Balaban J connectivity index is 4.51. The number of carbonyl (C=O) groups is 3. The fourth-order valence-electron chi connectivity index (χ4n) is 6.74. The molecule has 0 saturated carbocycles. The lowest BCUT2D eigenvalue weighted by Crippen LogP contribution is -2.30. The molecule has 64 heavy (non-hydrogen) atoms. The third-order valence-corrected chi connectivity index (χ3v) is 10.7. The zero-order chi connectivity index (χ0) is 46.5. The smallest absolute Gasteiger partial charge is 0.306 e. The zero-order valence-electron chi connectivity index (χ0n) is 41.3. The van der Waals surface area contributed by atoms with E-state index >= 15 is 0 Å². The Kier molecular flexibility index (Phi) is 48.5. The van der Waals surface area contributed by atoms with E-state index in [2.05, 4.69) is 69.4 Å². The van der Waals surface area contributed by atoms with Crippen LogP contribution in [0.15, 0.2) is 109 Å². The number of unbranched alkanes of at least 4 members (excludes halogenated alkanes) is 22. The third-order valence-electron chi connectivity index (χ3n) is 10.7. The van der Waals surface area contributed by atoms with Gasteiger partial charge in [-0.2, -0.15) is 0 Å². The van der Waals surface area contributed by atoms with Gasteiger partial charge in [0.25, 0.3) is 0 Å². The van der Waals surface area contributed by atoms with E-state index in [0.717, 1.165) is 96.3 Å². The van der Waals surface area contributed by atoms with Crippen molar-refractivity contribution in [3.8, 4) is 0 Å². The van der Waals surface area contributed by atoms with Gasteiger partial charge in [0.15, 0.2) is 6.10 Å². The summed E-state index contributed by atoms with van der Waals surface area (Å²) in [4.78, 5) is 38.0. The fourth-order valence-corrected chi connectivity index (χ4v) is 6.74. The van der Waals surface area contributed by atoms with Crippen LogP contribution in [0.4, 0.5) is 0 Å². The van der Waals surface area contributed by atoms with Crippen molar-refractivity contribution in [2.24, 2.45) is 0 Å². The first-order chi connectivity index (χ1) is 31.5. The Hall–Kier alpha value is -3.93. The van der Waals surface area contributed by atoms with Crippen LogP contribution in [0.25, 0.3) is 0 Å². The van der Waals surface area contributed by atoms with Gasteiger partial charge >= 0.3 is 17.9 Å². The summed E-state index contributed by atoms with van der Waals surface area (Å²) in [7, 11) is 0. The van der Waals surface area contributed by atoms with Crippen molar-refractivity contribution >= 4 is 17.9 Å². The van der Waals surface area contributed by atoms with Crippen LogP contribution in [0.1, 0.15) is 220 Å². The molecule has 0 aromatic rings. The summed E-state index contributed by atoms with van der Waals surface area (Å²) in [6, 6.07) is 0. The first-order valence-electron chi connectivity index (χ1n) is 26.0. The van der Waals surface area contributed by atoms with Gasteiger partial charge in [-0.3, -0.25) is 14.4 Å². The third kappa shape index (κ3) is 49.1. The van der Waals surface area contributed by atoms with Gasteiger partial charge in [0.1, 0.15) is 13.2 Å². The molecule has 0 radical (unpaired) electrons. The predicted molar refractivity (Wildman–Crippen MR) is 274 cm³/mol. The summed E-state index contributed by atoms with van der Waals surface area (Å²) in [6.45, 7) is 6.38. The molecule has 0 amide bonds. The summed E-state index contributed by atoms with van der Waals surface area (Å²) < 4.78 is 16.7. The minimum Gasteiger partial charge on any atom is -0.462 e. The van der Waals surface area contributed by atoms with E-state index in [-0.39, 0.29) is 37.5 Å². The lowest BCUT2D eigenvalue weighted by molar-refractivity contribution is -0.167. The monoisotopic (exact) mass is 887 g/mol. The van der Waals surface area contributed by atoms with Crippen LogP contribution in [0.3, 0.4) is 0 Å².